The number of hydrogen-bond acceptors (Lipinski definition) is 3. The van der Waals surface area contributed by atoms with Gasteiger partial charge in [0, 0.05) is 12.2 Å². The van der Waals surface area contributed by atoms with Crippen molar-refractivity contribution >= 4 is 5.57 Å². The van der Waals surface area contributed by atoms with Crippen molar-refractivity contribution in [3.05, 3.63) is 35.2 Å². The molecule has 3 heteroatoms. The molecule has 2 heterocycles. The lowest BCUT2D eigenvalue weighted by Crippen LogP contribution is -2.30. The number of hydrogen-bond donors (Lipinski definition) is 1. The van der Waals surface area contributed by atoms with Crippen LogP contribution >= 0.6 is 0 Å². The highest BCUT2D eigenvalue weighted by molar-refractivity contribution is 5.71. The molecule has 92 valence electrons. The maximum atomic E-state index is 9.10. The topological polar surface area (TPSA) is 48.7 Å². The zero-order valence-electron chi connectivity index (χ0n) is 10.6. The Bertz CT molecular complexity index is 539. The van der Waals surface area contributed by atoms with E-state index in [1.54, 1.807) is 0 Å². The van der Waals surface area contributed by atoms with E-state index < -0.39 is 0 Å². The largest absolute Gasteiger partial charge is 0.310 e. The highest BCUT2D eigenvalue weighted by Gasteiger charge is 2.32. The van der Waals surface area contributed by atoms with Crippen LogP contribution in [0.25, 0.3) is 5.57 Å². The van der Waals surface area contributed by atoms with E-state index in [1.165, 1.54) is 18.4 Å². The summed E-state index contributed by atoms with van der Waals surface area (Å²) < 4.78 is 0. The lowest BCUT2D eigenvalue weighted by molar-refractivity contribution is 0.470. The van der Waals surface area contributed by atoms with Crippen molar-refractivity contribution in [2.75, 3.05) is 6.54 Å². The van der Waals surface area contributed by atoms with Gasteiger partial charge in [0.25, 0.3) is 0 Å². The molecule has 0 saturated carbocycles. The van der Waals surface area contributed by atoms with Crippen LogP contribution in [0.4, 0.5) is 0 Å². The fraction of sp³-hybridized carbons (Fsp3) is 0.467. The van der Waals surface area contributed by atoms with Gasteiger partial charge in [-0.05, 0) is 55.9 Å². The van der Waals surface area contributed by atoms with Gasteiger partial charge < -0.3 is 5.32 Å². The first kappa shape index (κ1) is 11.4. The molecule has 1 fully saturated rings. The van der Waals surface area contributed by atoms with Crippen LogP contribution in [0.1, 0.15) is 36.1 Å². The van der Waals surface area contributed by atoms with E-state index in [0.29, 0.717) is 11.6 Å². The lowest BCUT2D eigenvalue weighted by atomic mass is 9.82. The number of nitrogens with one attached hydrogen (secondary N) is 1. The Morgan fingerprint density at radius 1 is 1.44 bits per heavy atom. The molecule has 0 aromatic carbocycles. The van der Waals surface area contributed by atoms with Crippen LogP contribution in [-0.2, 0) is 0 Å². The monoisotopic (exact) mass is 239 g/mol. The number of allylic oxidation sites excluding steroid dienone is 1. The van der Waals surface area contributed by atoms with E-state index in [2.05, 4.69) is 22.4 Å². The number of rotatable bonds is 1. The number of pyridine rings is 1. The first-order chi connectivity index (χ1) is 8.79. The van der Waals surface area contributed by atoms with Gasteiger partial charge in [-0.25, -0.2) is 0 Å². The zero-order chi connectivity index (χ0) is 12.5. The molecule has 1 saturated heterocycles. The number of fused-ring (bicyclic) bond motifs is 1. The number of nitrogens with zero attached hydrogens (tertiary/aromatic N) is 2. The first-order valence-corrected chi connectivity index (χ1v) is 6.60. The molecular formula is C15H17N3. The molecule has 2 atom stereocenters. The average Bonchev–Trinajstić information content (AvgIpc) is 2.87. The fourth-order valence-electron chi connectivity index (χ4n) is 3.11. The highest BCUT2D eigenvalue weighted by Crippen LogP contribution is 2.36. The molecule has 0 amide bonds. The summed E-state index contributed by atoms with van der Waals surface area (Å²) in [6, 6.07) is 4.67. The van der Waals surface area contributed by atoms with Crippen LogP contribution < -0.4 is 5.32 Å². The number of nitriles is 1. The molecular weight excluding hydrogens is 222 g/mol. The summed E-state index contributed by atoms with van der Waals surface area (Å²) in [7, 11) is 0. The second kappa shape index (κ2) is 4.55. The van der Waals surface area contributed by atoms with E-state index in [-0.39, 0.29) is 0 Å². The van der Waals surface area contributed by atoms with Gasteiger partial charge in [-0.3, -0.25) is 4.98 Å². The molecule has 3 rings (SSSR count). The van der Waals surface area contributed by atoms with Gasteiger partial charge in [0.05, 0.1) is 11.3 Å². The van der Waals surface area contributed by atoms with Crippen LogP contribution in [0.5, 0.6) is 0 Å². The van der Waals surface area contributed by atoms with Crippen molar-refractivity contribution in [1.29, 1.82) is 5.26 Å². The van der Waals surface area contributed by atoms with Crippen molar-refractivity contribution in [1.82, 2.24) is 10.3 Å². The fourth-order valence-corrected chi connectivity index (χ4v) is 3.11. The summed E-state index contributed by atoms with van der Waals surface area (Å²) in [5.74, 6) is 0.761. The normalized spacial score (nSPS) is 26.3. The van der Waals surface area contributed by atoms with Crippen molar-refractivity contribution in [2.24, 2.45) is 5.92 Å². The molecule has 0 spiro atoms. The molecule has 3 nitrogen and oxygen atoms in total. The van der Waals surface area contributed by atoms with Gasteiger partial charge in [0.2, 0.25) is 0 Å². The molecule has 1 aliphatic heterocycles. The Labute approximate surface area is 108 Å². The van der Waals surface area contributed by atoms with E-state index >= 15 is 0 Å². The van der Waals surface area contributed by atoms with Gasteiger partial charge in [-0.2, -0.15) is 5.26 Å². The first-order valence-electron chi connectivity index (χ1n) is 6.60. The predicted molar refractivity (Wildman–Crippen MR) is 70.8 cm³/mol. The van der Waals surface area contributed by atoms with Gasteiger partial charge in [-0.1, -0.05) is 6.08 Å². The molecule has 0 bridgehead atoms. The molecule has 1 N–H and O–H groups in total. The molecule has 1 aromatic heterocycles. The second-order valence-corrected chi connectivity index (χ2v) is 5.19. The highest BCUT2D eigenvalue weighted by atomic mass is 15.0. The van der Waals surface area contributed by atoms with E-state index in [9.17, 15) is 0 Å². The molecule has 1 aliphatic carbocycles. The molecule has 18 heavy (non-hydrogen) atoms. The molecule has 0 radical (unpaired) electrons. The predicted octanol–water partition coefficient (Wildman–Crippen LogP) is 2.42. The van der Waals surface area contributed by atoms with Crippen molar-refractivity contribution < 1.29 is 0 Å². The summed E-state index contributed by atoms with van der Waals surface area (Å²) in [6.07, 6.45) is 7.92. The Hall–Kier alpha value is -1.66. The maximum absolute atomic E-state index is 9.10. The van der Waals surface area contributed by atoms with Crippen LogP contribution in [0.3, 0.4) is 0 Å². The van der Waals surface area contributed by atoms with Gasteiger partial charge in [-0.15, -0.1) is 0 Å². The third-order valence-electron chi connectivity index (χ3n) is 4.13. The van der Waals surface area contributed by atoms with Crippen molar-refractivity contribution in [3.8, 4) is 6.07 Å². The minimum atomic E-state index is 0.467. The summed E-state index contributed by atoms with van der Waals surface area (Å²) in [4.78, 5) is 4.35. The average molecular weight is 239 g/mol. The standard InChI is InChI=1S/C15H17N3/c1-10-12(8-16)7-13(9-18-10)14-4-2-3-11-5-6-17-15(11)14/h4,7,9,11,15,17H,2-3,5-6H2,1H3/t11-,15+/m0/s1. The summed E-state index contributed by atoms with van der Waals surface area (Å²) >= 11 is 0. The molecule has 1 aromatic rings. The van der Waals surface area contributed by atoms with E-state index in [1.807, 2.05) is 19.2 Å². The summed E-state index contributed by atoms with van der Waals surface area (Å²) in [6.45, 7) is 2.99. The molecule has 2 aliphatic rings. The van der Waals surface area contributed by atoms with Gasteiger partial charge in [0.1, 0.15) is 6.07 Å². The maximum Gasteiger partial charge on any atom is 0.101 e. The van der Waals surface area contributed by atoms with Crippen LogP contribution in [0, 0.1) is 24.2 Å². The Morgan fingerprint density at radius 3 is 3.17 bits per heavy atom. The van der Waals surface area contributed by atoms with Gasteiger partial charge in [0.15, 0.2) is 0 Å². The minimum absolute atomic E-state index is 0.467. The smallest absolute Gasteiger partial charge is 0.101 e. The lowest BCUT2D eigenvalue weighted by Gasteiger charge is -2.27. The van der Waals surface area contributed by atoms with Crippen molar-refractivity contribution in [2.45, 2.75) is 32.2 Å². The van der Waals surface area contributed by atoms with Crippen molar-refractivity contribution in [3.63, 3.8) is 0 Å². The number of aromatic nitrogens is 1. The third-order valence-corrected chi connectivity index (χ3v) is 4.13. The van der Waals surface area contributed by atoms with Gasteiger partial charge >= 0.3 is 0 Å². The van der Waals surface area contributed by atoms with Crippen LogP contribution in [-0.4, -0.2) is 17.6 Å². The SMILES string of the molecule is Cc1ncc(C2=CCC[C@H]3CCN[C@@H]23)cc1C#N. The third kappa shape index (κ3) is 1.83. The van der Waals surface area contributed by atoms with E-state index in [0.717, 1.165) is 30.1 Å². The van der Waals surface area contributed by atoms with E-state index in [4.69, 9.17) is 5.26 Å². The second-order valence-electron chi connectivity index (χ2n) is 5.19. The van der Waals surface area contributed by atoms with Crippen LogP contribution in [0.2, 0.25) is 0 Å². The Balaban J connectivity index is 1.99. The Morgan fingerprint density at radius 2 is 2.33 bits per heavy atom. The summed E-state index contributed by atoms with van der Waals surface area (Å²) in [5.41, 5.74) is 3.95. The molecule has 0 unspecified atom stereocenters. The minimum Gasteiger partial charge on any atom is -0.310 e. The zero-order valence-corrected chi connectivity index (χ0v) is 10.6. The van der Waals surface area contributed by atoms with Crippen LogP contribution in [0.15, 0.2) is 18.3 Å². The number of aryl methyl sites for hydroxylation is 1. The summed E-state index contributed by atoms with van der Waals surface area (Å²) in [5, 5.41) is 12.7. The Kier molecular flexibility index (Phi) is 2.89. The quantitative estimate of drug-likeness (QED) is 0.818.